The van der Waals surface area contributed by atoms with Crippen LogP contribution in [0.1, 0.15) is 31.2 Å². The summed E-state index contributed by atoms with van der Waals surface area (Å²) < 4.78 is 12.8. The molecule has 0 aromatic heterocycles. The average molecular weight is 252 g/mol. The summed E-state index contributed by atoms with van der Waals surface area (Å²) in [5.41, 5.74) is 0.481. The van der Waals surface area contributed by atoms with Crippen LogP contribution < -0.4 is 0 Å². The van der Waals surface area contributed by atoms with E-state index in [9.17, 15) is 9.50 Å². The summed E-state index contributed by atoms with van der Waals surface area (Å²) in [7, 11) is 0. The van der Waals surface area contributed by atoms with Crippen molar-refractivity contribution in [2.24, 2.45) is 0 Å². The largest absolute Gasteiger partial charge is 0.389 e. The van der Waals surface area contributed by atoms with Gasteiger partial charge >= 0.3 is 0 Å². The van der Waals surface area contributed by atoms with E-state index in [1.165, 1.54) is 25.0 Å². The highest BCUT2D eigenvalue weighted by molar-refractivity contribution is 8.00. The molecule has 2 fully saturated rings. The zero-order valence-electron chi connectivity index (χ0n) is 9.73. The van der Waals surface area contributed by atoms with Gasteiger partial charge in [-0.2, -0.15) is 11.8 Å². The van der Waals surface area contributed by atoms with Crippen LogP contribution in [0.15, 0.2) is 24.3 Å². The van der Waals surface area contributed by atoms with Crippen LogP contribution in [0.25, 0.3) is 0 Å². The third-order valence-electron chi connectivity index (χ3n) is 3.86. The molecule has 0 amide bonds. The molecule has 2 saturated heterocycles. The maximum Gasteiger partial charge on any atom is 0.123 e. The second kappa shape index (κ2) is 4.29. The van der Waals surface area contributed by atoms with Crippen molar-refractivity contribution in [1.82, 2.24) is 0 Å². The number of benzene rings is 1. The Morgan fingerprint density at radius 3 is 2.35 bits per heavy atom. The van der Waals surface area contributed by atoms with Gasteiger partial charge in [-0.1, -0.05) is 12.1 Å². The van der Waals surface area contributed by atoms with Crippen molar-refractivity contribution in [3.05, 3.63) is 35.6 Å². The molecule has 2 bridgehead atoms. The van der Waals surface area contributed by atoms with Crippen LogP contribution in [0.3, 0.4) is 0 Å². The molecular formula is C14H17FOS. The predicted octanol–water partition coefficient (Wildman–Crippen LogP) is 3.16. The van der Waals surface area contributed by atoms with Crippen LogP contribution in [0, 0.1) is 5.82 Å². The number of hydrogen-bond acceptors (Lipinski definition) is 2. The van der Waals surface area contributed by atoms with Gasteiger partial charge in [-0.05, 0) is 43.4 Å². The summed E-state index contributed by atoms with van der Waals surface area (Å²) in [6.45, 7) is 0. The van der Waals surface area contributed by atoms with E-state index in [4.69, 9.17) is 0 Å². The molecule has 0 spiro atoms. The summed E-state index contributed by atoms with van der Waals surface area (Å²) in [6.07, 6.45) is 4.96. The lowest BCUT2D eigenvalue weighted by Crippen LogP contribution is -2.39. The highest BCUT2D eigenvalue weighted by Crippen LogP contribution is 2.48. The number of halogens is 1. The van der Waals surface area contributed by atoms with Gasteiger partial charge in [-0.3, -0.25) is 0 Å². The lowest BCUT2D eigenvalue weighted by atomic mass is 9.87. The van der Waals surface area contributed by atoms with Gasteiger partial charge in [0.25, 0.3) is 0 Å². The van der Waals surface area contributed by atoms with E-state index in [0.29, 0.717) is 16.9 Å². The lowest BCUT2D eigenvalue weighted by molar-refractivity contribution is 0.0242. The van der Waals surface area contributed by atoms with E-state index >= 15 is 0 Å². The highest BCUT2D eigenvalue weighted by Gasteiger charge is 2.43. The molecule has 1 nitrogen and oxygen atoms in total. The van der Waals surface area contributed by atoms with Crippen LogP contribution in [0.4, 0.5) is 4.39 Å². The minimum atomic E-state index is -0.561. The molecule has 3 heteroatoms. The maximum absolute atomic E-state index is 12.8. The second-order valence-corrected chi connectivity index (χ2v) is 7.00. The molecule has 17 heavy (non-hydrogen) atoms. The van der Waals surface area contributed by atoms with E-state index in [-0.39, 0.29) is 5.82 Å². The van der Waals surface area contributed by atoms with Gasteiger partial charge in [0, 0.05) is 16.9 Å². The van der Waals surface area contributed by atoms with E-state index in [0.717, 1.165) is 18.4 Å². The Labute approximate surface area is 105 Å². The summed E-state index contributed by atoms with van der Waals surface area (Å²) in [4.78, 5) is 0. The first kappa shape index (κ1) is 11.5. The van der Waals surface area contributed by atoms with Crippen LogP contribution in [-0.4, -0.2) is 21.2 Å². The topological polar surface area (TPSA) is 20.2 Å². The lowest BCUT2D eigenvalue weighted by Gasteiger charge is -2.36. The van der Waals surface area contributed by atoms with Crippen LogP contribution >= 0.6 is 11.8 Å². The molecule has 0 aliphatic carbocycles. The van der Waals surface area contributed by atoms with Gasteiger partial charge in [0.1, 0.15) is 5.82 Å². The molecule has 1 aromatic rings. The Morgan fingerprint density at radius 2 is 1.76 bits per heavy atom. The van der Waals surface area contributed by atoms with Crippen molar-refractivity contribution in [2.45, 2.75) is 48.2 Å². The molecule has 3 rings (SSSR count). The Balaban J connectivity index is 1.73. The van der Waals surface area contributed by atoms with Gasteiger partial charge in [0.2, 0.25) is 0 Å². The zero-order chi connectivity index (χ0) is 11.9. The summed E-state index contributed by atoms with van der Waals surface area (Å²) in [6, 6.07) is 6.53. The fraction of sp³-hybridized carbons (Fsp3) is 0.571. The van der Waals surface area contributed by atoms with Crippen molar-refractivity contribution in [3.63, 3.8) is 0 Å². The molecule has 2 unspecified atom stereocenters. The monoisotopic (exact) mass is 252 g/mol. The van der Waals surface area contributed by atoms with Crippen LogP contribution in [0.2, 0.25) is 0 Å². The van der Waals surface area contributed by atoms with Crippen molar-refractivity contribution in [2.75, 3.05) is 0 Å². The second-order valence-electron chi connectivity index (χ2n) is 5.39. The Kier molecular flexibility index (Phi) is 2.91. The SMILES string of the molecule is OC1(Cc2ccc(F)cc2)CC2CCC(C1)S2. The Bertz CT molecular complexity index is 391. The molecule has 92 valence electrons. The molecule has 2 aliphatic heterocycles. The summed E-state index contributed by atoms with van der Waals surface area (Å²) in [5, 5.41) is 11.9. The van der Waals surface area contributed by atoms with E-state index in [1.807, 2.05) is 11.8 Å². The average Bonchev–Trinajstić information content (AvgIpc) is 2.62. The standard InChI is InChI=1S/C14H17FOS/c15-11-3-1-10(2-4-11)7-14(16)8-12-5-6-13(9-14)17-12/h1-4,12-13,16H,5-9H2. The highest BCUT2D eigenvalue weighted by atomic mass is 32.2. The number of fused-ring (bicyclic) bond motifs is 2. The predicted molar refractivity (Wildman–Crippen MR) is 68.7 cm³/mol. The smallest absolute Gasteiger partial charge is 0.123 e. The van der Waals surface area contributed by atoms with Crippen molar-refractivity contribution in [1.29, 1.82) is 0 Å². The van der Waals surface area contributed by atoms with Gasteiger partial charge < -0.3 is 5.11 Å². The normalized spacial score (nSPS) is 36.1. The molecule has 0 radical (unpaired) electrons. The van der Waals surface area contributed by atoms with Crippen molar-refractivity contribution in [3.8, 4) is 0 Å². The van der Waals surface area contributed by atoms with E-state index < -0.39 is 5.60 Å². The molecule has 2 aliphatic rings. The third kappa shape index (κ3) is 2.50. The quantitative estimate of drug-likeness (QED) is 0.872. The van der Waals surface area contributed by atoms with Crippen molar-refractivity contribution < 1.29 is 9.50 Å². The minimum absolute atomic E-state index is 0.208. The Morgan fingerprint density at radius 1 is 1.18 bits per heavy atom. The molecule has 2 atom stereocenters. The fourth-order valence-corrected chi connectivity index (χ4v) is 5.04. The van der Waals surface area contributed by atoms with Crippen LogP contribution in [-0.2, 0) is 6.42 Å². The van der Waals surface area contributed by atoms with E-state index in [2.05, 4.69) is 0 Å². The first-order chi connectivity index (χ1) is 8.13. The number of hydrogen-bond donors (Lipinski definition) is 1. The molecule has 1 N–H and O–H groups in total. The number of aliphatic hydroxyl groups is 1. The Hall–Kier alpha value is -0.540. The summed E-state index contributed by atoms with van der Waals surface area (Å²) in [5.74, 6) is -0.208. The summed E-state index contributed by atoms with van der Waals surface area (Å²) >= 11 is 2.05. The zero-order valence-corrected chi connectivity index (χ0v) is 10.5. The first-order valence-electron chi connectivity index (χ1n) is 6.25. The maximum atomic E-state index is 12.8. The van der Waals surface area contributed by atoms with Gasteiger partial charge in [-0.25, -0.2) is 4.39 Å². The fourth-order valence-electron chi connectivity index (χ4n) is 3.14. The van der Waals surface area contributed by atoms with Gasteiger partial charge in [0.05, 0.1) is 5.60 Å². The van der Waals surface area contributed by atoms with E-state index in [1.54, 1.807) is 12.1 Å². The molecule has 1 aromatic carbocycles. The van der Waals surface area contributed by atoms with Gasteiger partial charge in [-0.15, -0.1) is 0 Å². The molecule has 2 heterocycles. The number of thioether (sulfide) groups is 1. The number of rotatable bonds is 2. The molecule has 0 saturated carbocycles. The van der Waals surface area contributed by atoms with Crippen LogP contribution in [0.5, 0.6) is 0 Å². The molecular weight excluding hydrogens is 235 g/mol. The van der Waals surface area contributed by atoms with Gasteiger partial charge in [0.15, 0.2) is 0 Å². The van der Waals surface area contributed by atoms with Crippen molar-refractivity contribution >= 4 is 11.8 Å². The minimum Gasteiger partial charge on any atom is -0.389 e. The first-order valence-corrected chi connectivity index (χ1v) is 7.20. The third-order valence-corrected chi connectivity index (χ3v) is 5.43.